The van der Waals surface area contributed by atoms with E-state index in [1.165, 1.54) is 12.1 Å². The van der Waals surface area contributed by atoms with Crippen molar-refractivity contribution in [1.82, 2.24) is 4.98 Å². The van der Waals surface area contributed by atoms with Crippen LogP contribution in [0.2, 0.25) is 0 Å². The minimum atomic E-state index is -0.764. The number of halogens is 1. The van der Waals surface area contributed by atoms with Crippen molar-refractivity contribution < 1.29 is 14.3 Å². The fraction of sp³-hybridized carbons (Fsp3) is 0.0625. The number of phenolic OH excluding ortho intramolecular Hbond substituents is 1. The Balaban J connectivity index is 1.75. The van der Waals surface area contributed by atoms with Crippen LogP contribution in [-0.4, -0.2) is 16.0 Å². The van der Waals surface area contributed by atoms with Gasteiger partial charge in [0.25, 0.3) is 0 Å². The number of nitrogens with one attached hydrogen (secondary N) is 2. The Bertz CT molecular complexity index is 811. The molecule has 3 rings (SSSR count). The van der Waals surface area contributed by atoms with Crippen molar-refractivity contribution >= 4 is 22.5 Å². The van der Waals surface area contributed by atoms with Gasteiger partial charge in [-0.15, -0.1) is 0 Å². The number of benzene rings is 2. The van der Waals surface area contributed by atoms with E-state index in [9.17, 15) is 9.18 Å². The summed E-state index contributed by atoms with van der Waals surface area (Å²) < 4.78 is 13.2. The Kier molecular flexibility index (Phi) is 3.31. The number of fused-ring (bicyclic) bond motifs is 1. The van der Waals surface area contributed by atoms with Crippen molar-refractivity contribution in [2.75, 3.05) is 5.32 Å². The average molecular weight is 284 g/mol. The first-order chi connectivity index (χ1) is 10.1. The molecule has 0 aliphatic rings. The van der Waals surface area contributed by atoms with E-state index in [0.717, 1.165) is 22.5 Å². The molecule has 0 bridgehead atoms. The van der Waals surface area contributed by atoms with E-state index in [2.05, 4.69) is 10.3 Å². The molecular weight excluding hydrogens is 271 g/mol. The van der Waals surface area contributed by atoms with Gasteiger partial charge in [0.2, 0.25) is 5.91 Å². The van der Waals surface area contributed by atoms with Crippen molar-refractivity contribution in [2.24, 2.45) is 0 Å². The second-order valence-corrected chi connectivity index (χ2v) is 4.75. The van der Waals surface area contributed by atoms with Gasteiger partial charge in [0.05, 0.1) is 6.42 Å². The highest BCUT2D eigenvalue weighted by atomic mass is 19.1. The molecule has 4 nitrogen and oxygen atoms in total. The molecule has 3 aromatic rings. The molecule has 1 amide bonds. The van der Waals surface area contributed by atoms with Crippen LogP contribution in [0.3, 0.4) is 0 Å². The van der Waals surface area contributed by atoms with Crippen LogP contribution in [0, 0.1) is 5.82 Å². The van der Waals surface area contributed by atoms with E-state index >= 15 is 0 Å². The molecule has 0 unspecified atom stereocenters. The highest BCUT2D eigenvalue weighted by molar-refractivity contribution is 5.95. The lowest BCUT2D eigenvalue weighted by molar-refractivity contribution is -0.115. The lowest BCUT2D eigenvalue weighted by atomic mass is 10.1. The number of hydrogen-bond acceptors (Lipinski definition) is 2. The Morgan fingerprint density at radius 3 is 2.86 bits per heavy atom. The third-order valence-electron chi connectivity index (χ3n) is 3.26. The summed E-state index contributed by atoms with van der Waals surface area (Å²) >= 11 is 0. The Labute approximate surface area is 120 Å². The third kappa shape index (κ3) is 2.72. The smallest absolute Gasteiger partial charge is 0.228 e. The summed E-state index contributed by atoms with van der Waals surface area (Å²) in [5, 5.41) is 12.7. The number of carbonyl (C=O) groups excluding carboxylic acids is 1. The normalized spacial score (nSPS) is 10.7. The zero-order valence-electron chi connectivity index (χ0n) is 11.1. The van der Waals surface area contributed by atoms with Gasteiger partial charge in [0, 0.05) is 28.9 Å². The molecule has 3 N–H and O–H groups in total. The molecule has 0 fully saturated rings. The van der Waals surface area contributed by atoms with Crippen LogP contribution in [0.1, 0.15) is 5.56 Å². The zero-order valence-corrected chi connectivity index (χ0v) is 11.1. The van der Waals surface area contributed by atoms with E-state index in [1.54, 1.807) is 6.20 Å². The van der Waals surface area contributed by atoms with Crippen molar-refractivity contribution in [3.8, 4) is 5.75 Å². The fourth-order valence-corrected chi connectivity index (χ4v) is 2.24. The van der Waals surface area contributed by atoms with Crippen LogP contribution in [0.4, 0.5) is 10.1 Å². The second-order valence-electron chi connectivity index (χ2n) is 4.75. The van der Waals surface area contributed by atoms with Crippen molar-refractivity contribution in [1.29, 1.82) is 0 Å². The first-order valence-electron chi connectivity index (χ1n) is 6.47. The Morgan fingerprint density at radius 1 is 1.24 bits per heavy atom. The lowest BCUT2D eigenvalue weighted by Crippen LogP contribution is -2.14. The third-order valence-corrected chi connectivity index (χ3v) is 3.26. The number of carbonyl (C=O) groups is 1. The van der Waals surface area contributed by atoms with Crippen molar-refractivity contribution in [3.63, 3.8) is 0 Å². The second kappa shape index (κ2) is 5.28. The van der Waals surface area contributed by atoms with Gasteiger partial charge in [0.1, 0.15) is 0 Å². The van der Waals surface area contributed by atoms with Crippen LogP contribution < -0.4 is 5.32 Å². The molecule has 0 saturated carbocycles. The van der Waals surface area contributed by atoms with Gasteiger partial charge in [-0.1, -0.05) is 18.2 Å². The maximum Gasteiger partial charge on any atom is 0.228 e. The van der Waals surface area contributed by atoms with Gasteiger partial charge in [-0.3, -0.25) is 4.79 Å². The van der Waals surface area contributed by atoms with Crippen LogP contribution in [0.15, 0.2) is 48.7 Å². The summed E-state index contributed by atoms with van der Waals surface area (Å²) in [4.78, 5) is 15.1. The minimum absolute atomic E-state index is 0.187. The summed E-state index contributed by atoms with van der Waals surface area (Å²) in [6.45, 7) is 0. The first kappa shape index (κ1) is 13.2. The highest BCUT2D eigenvalue weighted by Gasteiger charge is 2.10. The van der Waals surface area contributed by atoms with E-state index < -0.39 is 11.6 Å². The van der Waals surface area contributed by atoms with Crippen LogP contribution in [-0.2, 0) is 11.2 Å². The molecule has 1 heterocycles. The maximum atomic E-state index is 13.2. The predicted molar refractivity (Wildman–Crippen MR) is 78.7 cm³/mol. The number of rotatable bonds is 3. The molecule has 0 aliphatic carbocycles. The molecule has 0 aliphatic heterocycles. The number of para-hydroxylation sites is 1. The average Bonchev–Trinajstić information content (AvgIpc) is 2.86. The van der Waals surface area contributed by atoms with Gasteiger partial charge < -0.3 is 15.4 Å². The molecule has 0 spiro atoms. The van der Waals surface area contributed by atoms with E-state index in [0.29, 0.717) is 5.69 Å². The fourth-order valence-electron chi connectivity index (χ4n) is 2.24. The molecule has 1 aromatic heterocycles. The number of amides is 1. The summed E-state index contributed by atoms with van der Waals surface area (Å²) in [5.41, 5.74) is 2.16. The van der Waals surface area contributed by atoms with Gasteiger partial charge in [-0.05, 0) is 23.8 Å². The molecule has 0 atom stereocenters. The molecule has 106 valence electrons. The lowest BCUT2D eigenvalue weighted by Gasteiger charge is -2.05. The summed E-state index contributed by atoms with van der Waals surface area (Å²) in [6, 6.07) is 11.4. The number of aromatic nitrogens is 1. The molecule has 0 radical (unpaired) electrons. The highest BCUT2D eigenvalue weighted by Crippen LogP contribution is 2.21. The zero-order chi connectivity index (χ0) is 14.8. The number of H-pyrrole nitrogens is 1. The number of phenols is 1. The van der Waals surface area contributed by atoms with Gasteiger partial charge in [-0.25, -0.2) is 4.39 Å². The van der Waals surface area contributed by atoms with E-state index in [1.807, 2.05) is 24.3 Å². The number of anilines is 1. The Hall–Kier alpha value is -2.82. The number of aromatic amines is 1. The summed E-state index contributed by atoms with van der Waals surface area (Å²) in [5.74, 6) is -1.45. The topological polar surface area (TPSA) is 65.1 Å². The SMILES string of the molecule is O=C(Cc1c[nH]c2ccccc12)Nc1ccc(O)c(F)c1. The van der Waals surface area contributed by atoms with E-state index in [-0.39, 0.29) is 12.3 Å². The predicted octanol–water partition coefficient (Wildman–Crippen LogP) is 3.19. The molecule has 2 aromatic carbocycles. The maximum absolute atomic E-state index is 13.2. The van der Waals surface area contributed by atoms with Crippen molar-refractivity contribution in [2.45, 2.75) is 6.42 Å². The van der Waals surface area contributed by atoms with Crippen LogP contribution in [0.5, 0.6) is 5.75 Å². The molecule has 21 heavy (non-hydrogen) atoms. The Morgan fingerprint density at radius 2 is 2.05 bits per heavy atom. The quantitative estimate of drug-likeness (QED) is 0.647. The first-order valence-corrected chi connectivity index (χ1v) is 6.47. The summed E-state index contributed by atoms with van der Waals surface area (Å²) in [7, 11) is 0. The molecule has 0 saturated heterocycles. The number of aromatic hydroxyl groups is 1. The monoisotopic (exact) mass is 284 g/mol. The summed E-state index contributed by atoms with van der Waals surface area (Å²) in [6.07, 6.45) is 1.98. The van der Waals surface area contributed by atoms with Gasteiger partial charge in [0.15, 0.2) is 11.6 Å². The van der Waals surface area contributed by atoms with Crippen LogP contribution in [0.25, 0.3) is 10.9 Å². The van der Waals surface area contributed by atoms with Crippen LogP contribution >= 0.6 is 0 Å². The largest absolute Gasteiger partial charge is 0.505 e. The van der Waals surface area contributed by atoms with E-state index in [4.69, 9.17) is 5.11 Å². The minimum Gasteiger partial charge on any atom is -0.505 e. The van der Waals surface area contributed by atoms with Gasteiger partial charge in [-0.2, -0.15) is 0 Å². The molecule has 5 heteroatoms. The van der Waals surface area contributed by atoms with Gasteiger partial charge >= 0.3 is 0 Å². The molecular formula is C16H13FN2O2. The standard InChI is InChI=1S/C16H13FN2O2/c17-13-8-11(5-6-15(13)20)19-16(21)7-10-9-18-14-4-2-1-3-12(10)14/h1-6,8-9,18,20H,7H2,(H,19,21). The van der Waals surface area contributed by atoms with Crippen molar-refractivity contribution in [3.05, 3.63) is 60.0 Å². The number of hydrogen-bond donors (Lipinski definition) is 3.